The van der Waals surface area contributed by atoms with Gasteiger partial charge in [0.2, 0.25) is 0 Å². The number of nitrogens with one attached hydrogen (secondary N) is 1. The number of carboxylic acid groups (broad SMARTS) is 1. The Labute approximate surface area is 201 Å². The van der Waals surface area contributed by atoms with E-state index < -0.39 is 29.7 Å². The lowest BCUT2D eigenvalue weighted by Crippen LogP contribution is -2.49. The van der Waals surface area contributed by atoms with Gasteiger partial charge in [0.1, 0.15) is 5.75 Å². The van der Waals surface area contributed by atoms with Crippen LogP contribution < -0.4 is 15.0 Å². The molecular weight excluding hydrogens is 497 g/mol. The number of ether oxygens (including phenoxy) is 2. The number of amides is 2. The second-order valence-corrected chi connectivity index (χ2v) is 7.60. The van der Waals surface area contributed by atoms with Crippen molar-refractivity contribution >= 4 is 23.7 Å². The maximum atomic E-state index is 14.7. The van der Waals surface area contributed by atoms with Gasteiger partial charge in [-0.1, -0.05) is 0 Å². The molecular formula is C22H20F5N3O6. The predicted octanol–water partition coefficient (Wildman–Crippen LogP) is 3.39. The summed E-state index contributed by atoms with van der Waals surface area (Å²) in [5.74, 6) is -4.95. The summed E-state index contributed by atoms with van der Waals surface area (Å²) in [6, 6.07) is 7.39. The van der Waals surface area contributed by atoms with E-state index in [0.717, 1.165) is 12.1 Å². The van der Waals surface area contributed by atoms with Crippen LogP contribution in [0.1, 0.15) is 10.4 Å². The number of piperazine rings is 1. The molecule has 0 aliphatic carbocycles. The number of urea groups is 1. The van der Waals surface area contributed by atoms with Crippen molar-refractivity contribution in [2.45, 2.75) is 12.2 Å². The summed E-state index contributed by atoms with van der Waals surface area (Å²) in [6.07, 6.45) is -5.08. The van der Waals surface area contributed by atoms with Gasteiger partial charge in [0.05, 0.1) is 24.4 Å². The number of hydrogen-bond acceptors (Lipinski definition) is 6. The Balaban J connectivity index is 0.000000454. The zero-order valence-corrected chi connectivity index (χ0v) is 18.6. The highest BCUT2D eigenvalue weighted by atomic mass is 19.4. The quantitative estimate of drug-likeness (QED) is 0.473. The Morgan fingerprint density at radius 3 is 2.36 bits per heavy atom. The number of aliphatic carboxylic acids is 1. The fourth-order valence-corrected chi connectivity index (χ4v) is 3.55. The fraction of sp³-hybridized carbons (Fsp3) is 0.318. The van der Waals surface area contributed by atoms with Crippen LogP contribution in [0.15, 0.2) is 36.4 Å². The van der Waals surface area contributed by atoms with Crippen LogP contribution >= 0.6 is 0 Å². The minimum absolute atomic E-state index is 0.00833. The number of fused-ring (bicyclic) bond motifs is 1. The number of anilines is 1. The zero-order valence-electron chi connectivity index (χ0n) is 18.6. The average Bonchev–Trinajstić information content (AvgIpc) is 3.16. The number of carbonyl (C=O) groups excluding carboxylic acids is 2. The molecule has 0 aromatic heterocycles. The molecule has 4 rings (SSSR count). The molecule has 2 N–H and O–H groups in total. The molecule has 1 atom stereocenters. The summed E-state index contributed by atoms with van der Waals surface area (Å²) in [5.41, 5.74) is 0.190. The minimum Gasteiger partial charge on any atom is -0.475 e. The molecule has 0 bridgehead atoms. The lowest BCUT2D eigenvalue weighted by atomic mass is 10.2. The molecule has 2 aliphatic heterocycles. The van der Waals surface area contributed by atoms with Gasteiger partial charge in [0.15, 0.2) is 17.4 Å². The monoisotopic (exact) mass is 517 g/mol. The standard InChI is InChI=1S/C20H19F2N3O4.C2HF3O2/c1-28-19(26)12-2-5-18(16(22)8-12)29-14-3-4-17(15(21)9-14)25-11-13-10-23-6-7-24(13)20(25)27;3-2(4,5)1(6)7/h2-5,8-9,13,23H,6-7,10-11H2,1H3;(H,6,7)/t13-;/m0./s1. The van der Waals surface area contributed by atoms with E-state index in [0.29, 0.717) is 26.2 Å². The van der Waals surface area contributed by atoms with Crippen molar-refractivity contribution in [3.05, 3.63) is 53.6 Å². The van der Waals surface area contributed by atoms with E-state index >= 15 is 0 Å². The highest BCUT2D eigenvalue weighted by Crippen LogP contribution is 2.32. The third-order valence-corrected chi connectivity index (χ3v) is 5.25. The molecule has 2 aliphatic rings. The predicted molar refractivity (Wildman–Crippen MR) is 114 cm³/mol. The average molecular weight is 517 g/mol. The van der Waals surface area contributed by atoms with E-state index in [1.54, 1.807) is 4.90 Å². The van der Waals surface area contributed by atoms with Crippen LogP contribution in [0, 0.1) is 11.6 Å². The molecule has 14 heteroatoms. The van der Waals surface area contributed by atoms with Crippen LogP contribution in [0.4, 0.5) is 32.4 Å². The second kappa shape index (κ2) is 10.8. The number of halogens is 5. The highest BCUT2D eigenvalue weighted by Gasteiger charge is 2.40. The van der Waals surface area contributed by atoms with Crippen LogP contribution in [0.3, 0.4) is 0 Å². The van der Waals surface area contributed by atoms with Gasteiger partial charge in [-0.05, 0) is 30.3 Å². The van der Waals surface area contributed by atoms with Gasteiger partial charge >= 0.3 is 24.1 Å². The van der Waals surface area contributed by atoms with Crippen molar-refractivity contribution in [1.29, 1.82) is 0 Å². The van der Waals surface area contributed by atoms with Gasteiger partial charge in [-0.2, -0.15) is 13.2 Å². The van der Waals surface area contributed by atoms with Crippen molar-refractivity contribution in [3.8, 4) is 11.5 Å². The van der Waals surface area contributed by atoms with E-state index in [9.17, 15) is 31.5 Å². The third kappa shape index (κ3) is 6.00. The maximum absolute atomic E-state index is 14.7. The SMILES string of the molecule is COC(=O)c1ccc(Oc2ccc(N3C[C@@H]4CNCCN4C3=O)c(F)c2)c(F)c1.O=C(O)C(F)(F)F. The Kier molecular flexibility index (Phi) is 7.97. The largest absolute Gasteiger partial charge is 0.490 e. The molecule has 0 saturated carbocycles. The van der Waals surface area contributed by atoms with Crippen molar-refractivity contribution in [3.63, 3.8) is 0 Å². The lowest BCUT2D eigenvalue weighted by molar-refractivity contribution is -0.192. The van der Waals surface area contributed by atoms with Crippen LogP contribution in [0.25, 0.3) is 0 Å². The van der Waals surface area contributed by atoms with E-state index in [1.807, 2.05) is 0 Å². The van der Waals surface area contributed by atoms with Gasteiger partial charge < -0.3 is 24.8 Å². The van der Waals surface area contributed by atoms with Crippen LogP contribution in [0.5, 0.6) is 11.5 Å². The molecule has 0 radical (unpaired) electrons. The van der Waals surface area contributed by atoms with Crippen LogP contribution in [-0.2, 0) is 9.53 Å². The number of alkyl halides is 3. The number of hydrogen-bond donors (Lipinski definition) is 2. The van der Waals surface area contributed by atoms with E-state index in [2.05, 4.69) is 10.1 Å². The van der Waals surface area contributed by atoms with Crippen molar-refractivity contribution < 1.29 is 50.9 Å². The first-order valence-corrected chi connectivity index (χ1v) is 10.4. The Bertz CT molecular complexity index is 1160. The lowest BCUT2D eigenvalue weighted by Gasteiger charge is -2.28. The van der Waals surface area contributed by atoms with Gasteiger partial charge in [-0.3, -0.25) is 4.90 Å². The smallest absolute Gasteiger partial charge is 0.475 e. The van der Waals surface area contributed by atoms with Crippen molar-refractivity contribution in [2.75, 3.05) is 38.2 Å². The van der Waals surface area contributed by atoms with E-state index in [1.165, 1.54) is 36.3 Å². The van der Waals surface area contributed by atoms with Crippen molar-refractivity contribution in [1.82, 2.24) is 10.2 Å². The van der Waals surface area contributed by atoms with Gasteiger partial charge in [0, 0.05) is 32.2 Å². The Morgan fingerprint density at radius 1 is 1.11 bits per heavy atom. The molecule has 9 nitrogen and oxygen atoms in total. The number of rotatable bonds is 4. The van der Waals surface area contributed by atoms with Gasteiger partial charge in [-0.25, -0.2) is 23.2 Å². The summed E-state index contributed by atoms with van der Waals surface area (Å²) in [7, 11) is 1.20. The number of carboxylic acids is 1. The van der Waals surface area contributed by atoms with Crippen LogP contribution in [-0.4, -0.2) is 73.5 Å². The molecule has 2 saturated heterocycles. The van der Waals surface area contributed by atoms with Gasteiger partial charge in [0.25, 0.3) is 0 Å². The van der Waals surface area contributed by atoms with Crippen molar-refractivity contribution in [2.24, 2.45) is 0 Å². The molecule has 36 heavy (non-hydrogen) atoms. The maximum Gasteiger partial charge on any atom is 0.490 e. The minimum atomic E-state index is -5.08. The number of carbonyl (C=O) groups is 3. The second-order valence-electron chi connectivity index (χ2n) is 7.60. The topological polar surface area (TPSA) is 108 Å². The highest BCUT2D eigenvalue weighted by molar-refractivity contribution is 5.95. The number of esters is 1. The first-order chi connectivity index (χ1) is 16.9. The number of benzene rings is 2. The molecule has 2 fully saturated rings. The Morgan fingerprint density at radius 2 is 1.81 bits per heavy atom. The third-order valence-electron chi connectivity index (χ3n) is 5.25. The summed E-state index contributed by atoms with van der Waals surface area (Å²) in [5, 5.41) is 10.3. The van der Waals surface area contributed by atoms with E-state index in [4.69, 9.17) is 14.6 Å². The summed E-state index contributed by atoms with van der Waals surface area (Å²) >= 11 is 0. The molecule has 0 unspecified atom stereocenters. The normalized spacial score (nSPS) is 17.2. The zero-order chi connectivity index (χ0) is 26.6. The summed E-state index contributed by atoms with van der Waals surface area (Å²) in [4.78, 5) is 36.0. The Hall–Kier alpha value is -3.94. The first kappa shape index (κ1) is 26.7. The summed E-state index contributed by atoms with van der Waals surface area (Å²) < 4.78 is 70.6. The number of methoxy groups -OCH3 is 1. The van der Waals surface area contributed by atoms with Crippen LogP contribution in [0.2, 0.25) is 0 Å². The molecule has 2 aromatic carbocycles. The molecule has 2 amide bonds. The van der Waals surface area contributed by atoms with Gasteiger partial charge in [-0.15, -0.1) is 0 Å². The molecule has 194 valence electrons. The molecule has 0 spiro atoms. The fourth-order valence-electron chi connectivity index (χ4n) is 3.55. The summed E-state index contributed by atoms with van der Waals surface area (Å²) in [6.45, 7) is 2.37. The molecule has 2 aromatic rings. The number of nitrogens with zero attached hydrogens (tertiary/aromatic N) is 2. The first-order valence-electron chi connectivity index (χ1n) is 10.4. The molecule has 2 heterocycles. The van der Waals surface area contributed by atoms with E-state index in [-0.39, 0.29) is 34.8 Å².